The van der Waals surface area contributed by atoms with Crippen LogP contribution < -0.4 is 5.14 Å². The molecule has 0 amide bonds. The Morgan fingerprint density at radius 3 is 2.19 bits per heavy atom. The van der Waals surface area contributed by atoms with Crippen LogP contribution in [0.4, 0.5) is 0 Å². The first-order valence-electron chi connectivity index (χ1n) is 7.55. The average molecular weight is 426 g/mol. The molecule has 2 aromatic carbocycles. The molecule has 1 aromatic heterocycles. The lowest BCUT2D eigenvalue weighted by atomic mass is 10.1. The number of halogens is 2. The average Bonchev–Trinajstić information content (AvgIpc) is 2.91. The summed E-state index contributed by atoms with van der Waals surface area (Å²) in [5, 5.41) is 19.2. The van der Waals surface area contributed by atoms with Crippen LogP contribution in [0.25, 0.3) is 16.9 Å². The van der Waals surface area contributed by atoms with Crippen LogP contribution >= 0.6 is 23.2 Å². The predicted octanol–water partition coefficient (Wildman–Crippen LogP) is 3.12. The lowest BCUT2D eigenvalue weighted by Gasteiger charge is -2.09. The third-order valence-corrected chi connectivity index (χ3v) is 5.32. The van der Waals surface area contributed by atoms with Crippen molar-refractivity contribution in [2.45, 2.75) is 11.3 Å². The maximum absolute atomic E-state index is 11.4. The maximum Gasteiger partial charge on any atom is 0.309 e. The molecule has 1 heterocycles. The Labute approximate surface area is 165 Å². The summed E-state index contributed by atoms with van der Waals surface area (Å²) in [5.41, 5.74) is 1.81. The molecular weight excluding hydrogens is 413 g/mol. The number of nitrogens with two attached hydrogens (primary N) is 1. The van der Waals surface area contributed by atoms with E-state index in [4.69, 9.17) is 33.4 Å². The largest absolute Gasteiger partial charge is 0.481 e. The van der Waals surface area contributed by atoms with Gasteiger partial charge in [0.1, 0.15) is 0 Å². The van der Waals surface area contributed by atoms with Crippen molar-refractivity contribution in [2.24, 2.45) is 5.14 Å². The minimum absolute atomic E-state index is 0.0525. The zero-order valence-corrected chi connectivity index (χ0v) is 16.0. The van der Waals surface area contributed by atoms with Gasteiger partial charge in [-0.3, -0.25) is 4.79 Å². The van der Waals surface area contributed by atoms with E-state index in [9.17, 15) is 13.2 Å². The van der Waals surface area contributed by atoms with Crippen molar-refractivity contribution < 1.29 is 18.3 Å². The normalized spacial score (nSPS) is 11.5. The van der Waals surface area contributed by atoms with Crippen LogP contribution in [0.15, 0.2) is 53.4 Å². The van der Waals surface area contributed by atoms with Gasteiger partial charge in [-0.15, -0.1) is 0 Å². The number of carboxylic acids is 1. The molecule has 3 rings (SSSR count). The number of hydrogen-bond donors (Lipinski definition) is 2. The molecule has 0 atom stereocenters. The highest BCUT2D eigenvalue weighted by atomic mass is 35.5. The Balaban J connectivity index is 2.18. The highest BCUT2D eigenvalue weighted by Gasteiger charge is 2.21. The van der Waals surface area contributed by atoms with Crippen LogP contribution in [0.2, 0.25) is 10.0 Å². The molecule has 0 saturated carbocycles. The summed E-state index contributed by atoms with van der Waals surface area (Å²) in [6, 6.07) is 12.5. The van der Waals surface area contributed by atoms with Gasteiger partial charge < -0.3 is 5.11 Å². The van der Waals surface area contributed by atoms with E-state index in [1.165, 1.54) is 28.9 Å². The van der Waals surface area contributed by atoms with Gasteiger partial charge in [-0.1, -0.05) is 35.3 Å². The number of benzene rings is 2. The highest BCUT2D eigenvalue weighted by Crippen LogP contribution is 2.34. The lowest BCUT2D eigenvalue weighted by molar-refractivity contribution is -0.136. The van der Waals surface area contributed by atoms with Gasteiger partial charge in [0.05, 0.1) is 33.4 Å². The fourth-order valence-corrected chi connectivity index (χ4v) is 3.46. The first-order chi connectivity index (χ1) is 12.7. The Morgan fingerprint density at radius 2 is 1.67 bits per heavy atom. The van der Waals surface area contributed by atoms with Crippen molar-refractivity contribution in [3.8, 4) is 16.9 Å². The molecule has 0 aliphatic heterocycles. The molecule has 27 heavy (non-hydrogen) atoms. The van der Waals surface area contributed by atoms with Crippen molar-refractivity contribution in [3.63, 3.8) is 0 Å². The van der Waals surface area contributed by atoms with Crippen LogP contribution in [0, 0.1) is 0 Å². The summed E-state index contributed by atoms with van der Waals surface area (Å²) >= 11 is 12.3. The van der Waals surface area contributed by atoms with Crippen molar-refractivity contribution in [2.75, 3.05) is 0 Å². The molecule has 0 bridgehead atoms. The van der Waals surface area contributed by atoms with Crippen molar-refractivity contribution in [3.05, 3.63) is 64.3 Å². The molecule has 0 radical (unpaired) electrons. The van der Waals surface area contributed by atoms with Gasteiger partial charge in [0, 0.05) is 10.6 Å². The number of carboxylic acid groups (broad SMARTS) is 1. The van der Waals surface area contributed by atoms with Crippen molar-refractivity contribution in [1.82, 2.24) is 9.78 Å². The monoisotopic (exact) mass is 425 g/mol. The van der Waals surface area contributed by atoms with Gasteiger partial charge in [0.25, 0.3) is 0 Å². The second-order valence-corrected chi connectivity index (χ2v) is 8.01. The van der Waals surface area contributed by atoms with Crippen molar-refractivity contribution >= 4 is 39.2 Å². The summed E-state index contributed by atoms with van der Waals surface area (Å²) < 4.78 is 24.3. The second-order valence-electron chi connectivity index (χ2n) is 5.64. The maximum atomic E-state index is 11.4. The van der Waals surface area contributed by atoms with Crippen LogP contribution in [0.5, 0.6) is 0 Å². The molecule has 0 unspecified atom stereocenters. The molecular formula is C17H13Cl2N3O4S. The van der Waals surface area contributed by atoms with Gasteiger partial charge in [0.15, 0.2) is 0 Å². The zero-order valence-electron chi connectivity index (χ0n) is 13.6. The summed E-state index contributed by atoms with van der Waals surface area (Å²) in [6.07, 6.45) is -0.359. The smallest absolute Gasteiger partial charge is 0.309 e. The molecule has 0 saturated heterocycles. The Morgan fingerprint density at radius 1 is 1.07 bits per heavy atom. The topological polar surface area (TPSA) is 115 Å². The quantitative estimate of drug-likeness (QED) is 0.651. The number of sulfonamides is 1. The summed E-state index contributed by atoms with van der Waals surface area (Å²) in [6.45, 7) is 0. The molecule has 0 spiro atoms. The summed E-state index contributed by atoms with van der Waals surface area (Å²) in [4.78, 5) is 11.1. The zero-order chi connectivity index (χ0) is 19.8. The number of primary sulfonamides is 1. The number of aromatic nitrogens is 2. The third-order valence-electron chi connectivity index (χ3n) is 3.74. The molecule has 10 heteroatoms. The van der Waals surface area contributed by atoms with Crippen LogP contribution in [0.3, 0.4) is 0 Å². The molecule has 3 aromatic rings. The van der Waals surface area contributed by atoms with Gasteiger partial charge in [-0.25, -0.2) is 18.2 Å². The summed E-state index contributed by atoms with van der Waals surface area (Å²) in [7, 11) is -3.84. The van der Waals surface area contributed by atoms with Crippen LogP contribution in [-0.2, 0) is 21.2 Å². The van der Waals surface area contributed by atoms with Crippen LogP contribution in [-0.4, -0.2) is 29.3 Å². The minimum Gasteiger partial charge on any atom is -0.481 e. The van der Waals surface area contributed by atoms with E-state index in [2.05, 4.69) is 5.10 Å². The Kier molecular flexibility index (Phi) is 5.25. The van der Waals surface area contributed by atoms with E-state index in [0.717, 1.165) is 0 Å². The SMILES string of the molecule is NS(=O)(=O)c1ccc(-n2nc(CC(=O)O)c(Cl)c2-c2ccc(Cl)cc2)cc1. The van der Waals surface area contributed by atoms with E-state index in [-0.39, 0.29) is 22.0 Å². The van der Waals surface area contributed by atoms with E-state index in [1.807, 2.05) is 0 Å². The Bertz CT molecular complexity index is 1110. The summed E-state index contributed by atoms with van der Waals surface area (Å²) in [5.74, 6) is -1.08. The molecule has 3 N–H and O–H groups in total. The molecule has 7 nitrogen and oxygen atoms in total. The second kappa shape index (κ2) is 7.32. The third kappa shape index (κ3) is 4.14. The van der Waals surface area contributed by atoms with Crippen LogP contribution in [0.1, 0.15) is 5.69 Å². The number of hydrogen-bond acceptors (Lipinski definition) is 4. The van der Waals surface area contributed by atoms with E-state index < -0.39 is 16.0 Å². The highest BCUT2D eigenvalue weighted by molar-refractivity contribution is 7.89. The van der Waals surface area contributed by atoms with Gasteiger partial charge in [0.2, 0.25) is 10.0 Å². The number of aliphatic carboxylic acids is 1. The van der Waals surface area contributed by atoms with Gasteiger partial charge in [-0.2, -0.15) is 5.10 Å². The fraction of sp³-hybridized carbons (Fsp3) is 0.0588. The minimum atomic E-state index is -3.84. The standard InChI is InChI=1S/C17H13Cl2N3O4S/c18-11-3-1-10(2-4-11)17-16(19)14(9-15(23)24)21-22(17)12-5-7-13(8-6-12)27(20,25)26/h1-8H,9H2,(H,23,24)(H2,20,25,26). The number of carbonyl (C=O) groups is 1. The van der Waals surface area contributed by atoms with E-state index >= 15 is 0 Å². The first kappa shape index (κ1) is 19.4. The molecule has 0 aliphatic rings. The molecule has 0 fully saturated rings. The van der Waals surface area contributed by atoms with Gasteiger partial charge in [-0.05, 0) is 36.4 Å². The van der Waals surface area contributed by atoms with E-state index in [0.29, 0.717) is 22.0 Å². The van der Waals surface area contributed by atoms with E-state index in [1.54, 1.807) is 24.3 Å². The Hall–Kier alpha value is -2.39. The number of rotatable bonds is 5. The lowest BCUT2D eigenvalue weighted by Crippen LogP contribution is -2.12. The first-order valence-corrected chi connectivity index (χ1v) is 9.85. The molecule has 140 valence electrons. The van der Waals surface area contributed by atoms with Gasteiger partial charge >= 0.3 is 5.97 Å². The number of nitrogens with zero attached hydrogens (tertiary/aromatic N) is 2. The predicted molar refractivity (Wildman–Crippen MR) is 102 cm³/mol. The molecule has 0 aliphatic carbocycles. The van der Waals surface area contributed by atoms with Crippen molar-refractivity contribution in [1.29, 1.82) is 0 Å². The fourth-order valence-electron chi connectivity index (χ4n) is 2.52.